The fraction of sp³-hybridized carbons (Fsp3) is 0.333. The van der Waals surface area contributed by atoms with Crippen LogP contribution in [0.1, 0.15) is 24.9 Å². The quantitative estimate of drug-likeness (QED) is 0.862. The lowest BCUT2D eigenvalue weighted by molar-refractivity contribution is 0.206. The molecule has 0 bridgehead atoms. The number of carbonyl (C=O) groups excluding carboxylic acids is 1. The molecule has 0 aliphatic carbocycles. The van der Waals surface area contributed by atoms with Crippen molar-refractivity contribution in [3.8, 4) is 5.75 Å². The van der Waals surface area contributed by atoms with Crippen LogP contribution in [0.4, 0.5) is 4.79 Å². The molecule has 2 atom stereocenters. The van der Waals surface area contributed by atoms with Gasteiger partial charge in [0.25, 0.3) is 0 Å². The maximum absolute atomic E-state index is 11.8. The summed E-state index contributed by atoms with van der Waals surface area (Å²) in [6, 6.07) is 9.22. The van der Waals surface area contributed by atoms with Crippen molar-refractivity contribution in [1.82, 2.24) is 15.6 Å². The van der Waals surface area contributed by atoms with Crippen molar-refractivity contribution in [2.75, 3.05) is 6.54 Å². The third kappa shape index (κ3) is 5.07. The minimum Gasteiger partial charge on any atom is -0.489 e. The van der Waals surface area contributed by atoms with E-state index in [1.807, 2.05) is 49.6 Å². The minimum absolute atomic E-state index is 0.102. The van der Waals surface area contributed by atoms with Crippen molar-refractivity contribution in [1.29, 1.82) is 0 Å². The summed E-state index contributed by atoms with van der Waals surface area (Å²) in [5, 5.41) is 8.42. The summed E-state index contributed by atoms with van der Waals surface area (Å²) in [7, 11) is 0. The van der Waals surface area contributed by atoms with Gasteiger partial charge in [-0.2, -0.15) is 0 Å². The van der Waals surface area contributed by atoms with E-state index in [9.17, 15) is 4.79 Å². The largest absolute Gasteiger partial charge is 0.489 e. The molecule has 21 heavy (non-hydrogen) atoms. The van der Waals surface area contributed by atoms with Gasteiger partial charge < -0.3 is 15.4 Å². The Morgan fingerprint density at radius 3 is 2.76 bits per heavy atom. The molecule has 1 aromatic carbocycles. The Kier molecular flexibility index (Phi) is 5.57. The molecule has 1 aromatic heterocycles. The first-order valence-electron chi connectivity index (χ1n) is 6.80. The van der Waals surface area contributed by atoms with Crippen molar-refractivity contribution < 1.29 is 9.53 Å². The van der Waals surface area contributed by atoms with Crippen molar-refractivity contribution in [2.45, 2.75) is 26.0 Å². The van der Waals surface area contributed by atoms with Crippen LogP contribution >= 0.6 is 11.3 Å². The molecule has 0 spiro atoms. The lowest BCUT2D eigenvalue weighted by Crippen LogP contribution is -2.41. The van der Waals surface area contributed by atoms with E-state index in [1.165, 1.54) is 11.3 Å². The summed E-state index contributed by atoms with van der Waals surface area (Å²) >= 11 is 1.52. The van der Waals surface area contributed by atoms with Crippen LogP contribution in [0.5, 0.6) is 5.75 Å². The van der Waals surface area contributed by atoms with Gasteiger partial charge in [0, 0.05) is 11.6 Å². The Morgan fingerprint density at radius 2 is 2.10 bits per heavy atom. The molecule has 6 heteroatoms. The molecule has 5 nitrogen and oxygen atoms in total. The fourth-order valence-electron chi connectivity index (χ4n) is 1.77. The number of para-hydroxylation sites is 1. The highest BCUT2D eigenvalue weighted by atomic mass is 32.1. The van der Waals surface area contributed by atoms with Gasteiger partial charge in [0.2, 0.25) is 0 Å². The number of amides is 2. The van der Waals surface area contributed by atoms with E-state index in [2.05, 4.69) is 15.6 Å². The third-order valence-corrected chi connectivity index (χ3v) is 3.76. The van der Waals surface area contributed by atoms with E-state index in [4.69, 9.17) is 4.74 Å². The van der Waals surface area contributed by atoms with E-state index in [0.717, 1.165) is 10.8 Å². The van der Waals surface area contributed by atoms with Crippen molar-refractivity contribution in [3.63, 3.8) is 0 Å². The zero-order chi connectivity index (χ0) is 15.1. The maximum atomic E-state index is 11.8. The number of thiazole rings is 1. The molecule has 2 amide bonds. The molecular weight excluding hydrogens is 286 g/mol. The van der Waals surface area contributed by atoms with Crippen LogP contribution in [-0.2, 0) is 0 Å². The van der Waals surface area contributed by atoms with Gasteiger partial charge in [0.05, 0.1) is 12.6 Å². The topological polar surface area (TPSA) is 63.2 Å². The Labute approximate surface area is 128 Å². The van der Waals surface area contributed by atoms with Crippen LogP contribution in [-0.4, -0.2) is 23.7 Å². The van der Waals surface area contributed by atoms with Crippen LogP contribution in [0.25, 0.3) is 0 Å². The summed E-state index contributed by atoms with van der Waals surface area (Å²) in [5.41, 5.74) is 0. The molecule has 0 saturated carbocycles. The molecule has 0 aliphatic rings. The minimum atomic E-state index is -0.221. The van der Waals surface area contributed by atoms with Crippen LogP contribution in [0, 0.1) is 0 Å². The summed E-state index contributed by atoms with van der Waals surface area (Å²) in [5.74, 6) is 0.795. The van der Waals surface area contributed by atoms with E-state index >= 15 is 0 Å². The van der Waals surface area contributed by atoms with E-state index in [0.29, 0.717) is 6.54 Å². The maximum Gasteiger partial charge on any atom is 0.315 e. The van der Waals surface area contributed by atoms with Gasteiger partial charge in [-0.25, -0.2) is 9.78 Å². The molecule has 0 fully saturated rings. The highest BCUT2D eigenvalue weighted by Crippen LogP contribution is 2.14. The highest BCUT2D eigenvalue weighted by Gasteiger charge is 2.12. The molecule has 1 heterocycles. The molecule has 0 saturated heterocycles. The number of benzene rings is 1. The monoisotopic (exact) mass is 305 g/mol. The summed E-state index contributed by atoms with van der Waals surface area (Å²) < 4.78 is 5.69. The third-order valence-electron chi connectivity index (χ3n) is 2.80. The number of hydrogen-bond donors (Lipinski definition) is 2. The molecule has 0 unspecified atom stereocenters. The summed E-state index contributed by atoms with van der Waals surface area (Å²) in [4.78, 5) is 16.0. The van der Waals surface area contributed by atoms with E-state index < -0.39 is 0 Å². The van der Waals surface area contributed by atoms with Crippen LogP contribution in [0.15, 0.2) is 41.9 Å². The van der Waals surface area contributed by atoms with Crippen molar-refractivity contribution in [2.24, 2.45) is 0 Å². The number of aromatic nitrogens is 1. The summed E-state index contributed by atoms with van der Waals surface area (Å²) in [6.07, 6.45) is 1.62. The summed E-state index contributed by atoms with van der Waals surface area (Å²) in [6.45, 7) is 4.26. The van der Waals surface area contributed by atoms with Gasteiger partial charge in [0.15, 0.2) is 0 Å². The molecular formula is C15H19N3O2S. The number of rotatable bonds is 6. The van der Waals surface area contributed by atoms with E-state index in [-0.39, 0.29) is 18.2 Å². The predicted octanol–water partition coefficient (Wildman–Crippen LogP) is 2.97. The highest BCUT2D eigenvalue weighted by molar-refractivity contribution is 7.09. The van der Waals surface area contributed by atoms with Crippen LogP contribution in [0.3, 0.4) is 0 Å². The van der Waals surface area contributed by atoms with Gasteiger partial charge in [-0.15, -0.1) is 11.3 Å². The Bertz CT molecular complexity index is 545. The molecule has 2 N–H and O–H groups in total. The molecule has 0 aliphatic heterocycles. The fourth-order valence-corrected chi connectivity index (χ4v) is 2.41. The second kappa shape index (κ2) is 7.64. The van der Waals surface area contributed by atoms with Crippen LogP contribution in [0.2, 0.25) is 0 Å². The zero-order valence-corrected chi connectivity index (χ0v) is 12.9. The predicted molar refractivity (Wildman–Crippen MR) is 83.6 cm³/mol. The molecule has 2 rings (SSSR count). The Morgan fingerprint density at radius 1 is 1.33 bits per heavy atom. The van der Waals surface area contributed by atoms with Crippen molar-refractivity contribution in [3.05, 3.63) is 46.9 Å². The first kappa shape index (κ1) is 15.3. The lowest BCUT2D eigenvalue weighted by Gasteiger charge is -2.17. The average molecular weight is 305 g/mol. The van der Waals surface area contributed by atoms with Gasteiger partial charge in [-0.05, 0) is 26.0 Å². The smallest absolute Gasteiger partial charge is 0.315 e. The standard InChI is InChI=1S/C15H19N3O2S/c1-11(20-13-6-4-3-5-7-13)10-17-15(19)18-12(2)14-16-8-9-21-14/h3-9,11-12H,10H2,1-2H3,(H2,17,18,19)/t11-,12-/m0/s1. The zero-order valence-electron chi connectivity index (χ0n) is 12.1. The molecule has 0 radical (unpaired) electrons. The van der Waals surface area contributed by atoms with Crippen molar-refractivity contribution >= 4 is 17.4 Å². The second-order valence-electron chi connectivity index (χ2n) is 4.69. The SMILES string of the molecule is C[C@H](NC(=O)NC[C@H](C)Oc1ccccc1)c1nccs1. The van der Waals surface area contributed by atoms with Gasteiger partial charge in [-0.3, -0.25) is 0 Å². The number of hydrogen-bond acceptors (Lipinski definition) is 4. The average Bonchev–Trinajstić information content (AvgIpc) is 3.00. The number of nitrogens with one attached hydrogen (secondary N) is 2. The number of nitrogens with zero attached hydrogens (tertiary/aromatic N) is 1. The number of ether oxygens (including phenoxy) is 1. The molecule has 112 valence electrons. The normalized spacial score (nSPS) is 13.2. The first-order chi connectivity index (χ1) is 10.1. The van der Waals surface area contributed by atoms with Gasteiger partial charge in [0.1, 0.15) is 16.9 Å². The second-order valence-corrected chi connectivity index (χ2v) is 5.61. The first-order valence-corrected chi connectivity index (χ1v) is 7.68. The Hall–Kier alpha value is -2.08. The van der Waals surface area contributed by atoms with Gasteiger partial charge >= 0.3 is 6.03 Å². The Balaban J connectivity index is 1.71. The molecule has 2 aromatic rings. The van der Waals surface area contributed by atoms with Gasteiger partial charge in [-0.1, -0.05) is 18.2 Å². The van der Waals surface area contributed by atoms with E-state index in [1.54, 1.807) is 6.20 Å². The number of carbonyl (C=O) groups is 1. The van der Waals surface area contributed by atoms with Crippen LogP contribution < -0.4 is 15.4 Å². The lowest BCUT2D eigenvalue weighted by atomic mass is 10.3. The number of urea groups is 1.